The van der Waals surface area contributed by atoms with Gasteiger partial charge in [-0.3, -0.25) is 0 Å². The minimum absolute atomic E-state index is 0.518. The van der Waals surface area contributed by atoms with Crippen LogP contribution in [0.3, 0.4) is 0 Å². The summed E-state index contributed by atoms with van der Waals surface area (Å²) >= 11 is 5.20. The maximum atomic E-state index is 5.32. The van der Waals surface area contributed by atoms with Crippen LogP contribution in [0.5, 0.6) is 11.5 Å². The normalized spacial score (nSPS) is 10.5. The smallest absolute Gasteiger partial charge is 0.134 e. The van der Waals surface area contributed by atoms with E-state index in [-0.39, 0.29) is 0 Å². The van der Waals surface area contributed by atoms with Crippen LogP contribution in [-0.2, 0) is 0 Å². The first kappa shape index (κ1) is 12.7. The average molecular weight is 291 g/mol. The van der Waals surface area contributed by atoms with Crippen molar-refractivity contribution in [3.8, 4) is 11.5 Å². The van der Waals surface area contributed by atoms with Crippen LogP contribution in [0.1, 0.15) is 13.8 Å². The van der Waals surface area contributed by atoms with Gasteiger partial charge in [0.05, 0.1) is 23.6 Å². The molecule has 0 aliphatic rings. The molecule has 15 heavy (non-hydrogen) atoms. The molecule has 0 atom stereocenters. The fourth-order valence-corrected chi connectivity index (χ4v) is 2.60. The van der Waals surface area contributed by atoms with Crippen molar-refractivity contribution in [3.63, 3.8) is 0 Å². The monoisotopic (exact) mass is 290 g/mol. The number of ether oxygens (including phenoxy) is 2. The van der Waals surface area contributed by atoms with Gasteiger partial charge in [0.15, 0.2) is 0 Å². The molecule has 0 saturated carbocycles. The van der Waals surface area contributed by atoms with Gasteiger partial charge in [0.1, 0.15) is 11.5 Å². The summed E-state index contributed by atoms with van der Waals surface area (Å²) < 4.78 is 11.5. The van der Waals surface area contributed by atoms with Gasteiger partial charge >= 0.3 is 0 Å². The molecular weight excluding hydrogens is 276 g/mol. The Morgan fingerprint density at radius 2 is 1.73 bits per heavy atom. The maximum absolute atomic E-state index is 5.32. The SMILES string of the molecule is COc1cc(SC(C)C)c(OC)cc1Br. The van der Waals surface area contributed by atoms with Crippen LogP contribution in [0.2, 0.25) is 0 Å². The second-order valence-electron chi connectivity index (χ2n) is 3.30. The number of benzene rings is 1. The highest BCUT2D eigenvalue weighted by atomic mass is 79.9. The third-order valence-electron chi connectivity index (χ3n) is 1.80. The molecular formula is C11H15BrO2S. The number of hydrogen-bond acceptors (Lipinski definition) is 3. The molecule has 0 aromatic heterocycles. The van der Waals surface area contributed by atoms with Crippen molar-refractivity contribution < 1.29 is 9.47 Å². The molecule has 0 radical (unpaired) electrons. The lowest BCUT2D eigenvalue weighted by atomic mass is 10.3. The van der Waals surface area contributed by atoms with Crippen molar-refractivity contribution in [2.24, 2.45) is 0 Å². The zero-order chi connectivity index (χ0) is 11.4. The van der Waals surface area contributed by atoms with Crippen LogP contribution in [0, 0.1) is 0 Å². The van der Waals surface area contributed by atoms with E-state index < -0.39 is 0 Å². The van der Waals surface area contributed by atoms with Crippen LogP contribution < -0.4 is 9.47 Å². The Hall–Kier alpha value is -0.350. The minimum Gasteiger partial charge on any atom is -0.496 e. The van der Waals surface area contributed by atoms with Gasteiger partial charge in [-0.05, 0) is 28.1 Å². The molecule has 0 saturated heterocycles. The summed E-state index contributed by atoms with van der Waals surface area (Å²) in [4.78, 5) is 1.10. The molecule has 4 heteroatoms. The molecule has 0 aliphatic heterocycles. The van der Waals surface area contributed by atoms with Gasteiger partial charge in [-0.15, -0.1) is 11.8 Å². The van der Waals surface area contributed by atoms with Gasteiger partial charge in [-0.2, -0.15) is 0 Å². The predicted octanol–water partition coefficient (Wildman–Crippen LogP) is 3.97. The summed E-state index contributed by atoms with van der Waals surface area (Å²) in [6.45, 7) is 4.30. The van der Waals surface area contributed by atoms with Crippen molar-refractivity contribution in [3.05, 3.63) is 16.6 Å². The van der Waals surface area contributed by atoms with E-state index in [1.165, 1.54) is 0 Å². The predicted molar refractivity (Wildman–Crippen MR) is 68.2 cm³/mol. The topological polar surface area (TPSA) is 18.5 Å². The van der Waals surface area contributed by atoms with Gasteiger partial charge < -0.3 is 9.47 Å². The Bertz CT molecular complexity index is 340. The summed E-state index contributed by atoms with van der Waals surface area (Å²) in [5, 5.41) is 0.518. The standard InChI is InChI=1S/C11H15BrO2S/c1-7(2)15-11-6-9(13-3)8(12)5-10(11)14-4/h5-7H,1-4H3. The second-order valence-corrected chi connectivity index (χ2v) is 5.78. The van der Waals surface area contributed by atoms with Crippen LogP contribution in [-0.4, -0.2) is 19.5 Å². The minimum atomic E-state index is 0.518. The van der Waals surface area contributed by atoms with Crippen LogP contribution in [0.25, 0.3) is 0 Å². The van der Waals surface area contributed by atoms with Crippen LogP contribution in [0.4, 0.5) is 0 Å². The third-order valence-corrected chi connectivity index (χ3v) is 3.46. The van der Waals surface area contributed by atoms with E-state index in [0.717, 1.165) is 20.9 Å². The van der Waals surface area contributed by atoms with Gasteiger partial charge in [-0.25, -0.2) is 0 Å². The molecule has 0 fully saturated rings. The summed E-state index contributed by atoms with van der Waals surface area (Å²) in [6.07, 6.45) is 0. The lowest BCUT2D eigenvalue weighted by Gasteiger charge is -2.13. The zero-order valence-electron chi connectivity index (χ0n) is 9.33. The molecule has 0 N–H and O–H groups in total. The summed E-state index contributed by atoms with van der Waals surface area (Å²) in [5.74, 6) is 1.71. The fourth-order valence-electron chi connectivity index (χ4n) is 1.18. The van der Waals surface area contributed by atoms with Crippen molar-refractivity contribution in [1.29, 1.82) is 0 Å². The number of halogens is 1. The number of rotatable bonds is 4. The van der Waals surface area contributed by atoms with Crippen molar-refractivity contribution >= 4 is 27.7 Å². The number of thioether (sulfide) groups is 1. The first-order chi connectivity index (χ1) is 7.08. The molecule has 0 bridgehead atoms. The van der Waals surface area contributed by atoms with E-state index in [2.05, 4.69) is 29.8 Å². The Balaban J connectivity index is 3.10. The van der Waals surface area contributed by atoms with E-state index in [0.29, 0.717) is 5.25 Å². The summed E-state index contributed by atoms with van der Waals surface area (Å²) in [7, 11) is 3.34. The third kappa shape index (κ3) is 3.31. The van der Waals surface area contributed by atoms with Gasteiger partial charge in [0, 0.05) is 5.25 Å². The van der Waals surface area contributed by atoms with Crippen LogP contribution in [0.15, 0.2) is 21.5 Å². The van der Waals surface area contributed by atoms with Crippen molar-refractivity contribution in [2.75, 3.05) is 14.2 Å². The first-order valence-corrected chi connectivity index (χ1v) is 6.34. The lowest BCUT2D eigenvalue weighted by molar-refractivity contribution is 0.392. The van der Waals surface area contributed by atoms with E-state index in [4.69, 9.17) is 9.47 Å². The molecule has 2 nitrogen and oxygen atoms in total. The van der Waals surface area contributed by atoms with E-state index >= 15 is 0 Å². The van der Waals surface area contributed by atoms with Crippen molar-refractivity contribution in [1.82, 2.24) is 0 Å². The first-order valence-electron chi connectivity index (χ1n) is 4.66. The quantitative estimate of drug-likeness (QED) is 0.782. The molecule has 0 aliphatic carbocycles. The zero-order valence-corrected chi connectivity index (χ0v) is 11.7. The molecule has 0 heterocycles. The molecule has 1 rings (SSSR count). The van der Waals surface area contributed by atoms with Gasteiger partial charge in [0.25, 0.3) is 0 Å². The highest BCUT2D eigenvalue weighted by Crippen LogP contribution is 2.39. The van der Waals surface area contributed by atoms with Gasteiger partial charge in [-0.1, -0.05) is 13.8 Å². The Labute approximate surface area is 103 Å². The van der Waals surface area contributed by atoms with Crippen molar-refractivity contribution in [2.45, 2.75) is 24.0 Å². The molecule has 0 amide bonds. The molecule has 1 aromatic carbocycles. The van der Waals surface area contributed by atoms with E-state index in [1.54, 1.807) is 26.0 Å². The Kier molecular flexibility index (Phi) is 4.80. The van der Waals surface area contributed by atoms with E-state index in [9.17, 15) is 0 Å². The van der Waals surface area contributed by atoms with E-state index in [1.807, 2.05) is 12.1 Å². The summed E-state index contributed by atoms with van der Waals surface area (Å²) in [5.41, 5.74) is 0. The molecule has 0 spiro atoms. The number of methoxy groups -OCH3 is 2. The summed E-state index contributed by atoms with van der Waals surface area (Å²) in [6, 6.07) is 3.93. The highest BCUT2D eigenvalue weighted by Gasteiger charge is 2.11. The largest absolute Gasteiger partial charge is 0.496 e. The maximum Gasteiger partial charge on any atom is 0.134 e. The van der Waals surface area contributed by atoms with Gasteiger partial charge in [0.2, 0.25) is 0 Å². The molecule has 84 valence electrons. The Morgan fingerprint density at radius 3 is 2.20 bits per heavy atom. The average Bonchev–Trinajstić information content (AvgIpc) is 2.19. The highest BCUT2D eigenvalue weighted by molar-refractivity contribution is 9.10. The Morgan fingerprint density at radius 1 is 1.13 bits per heavy atom. The number of hydrogen-bond donors (Lipinski definition) is 0. The molecule has 0 unspecified atom stereocenters. The fraction of sp³-hybridized carbons (Fsp3) is 0.455. The molecule has 1 aromatic rings. The second kappa shape index (κ2) is 5.66. The lowest BCUT2D eigenvalue weighted by Crippen LogP contribution is -1.93. The van der Waals surface area contributed by atoms with Crippen LogP contribution >= 0.6 is 27.7 Å².